The van der Waals surface area contributed by atoms with Gasteiger partial charge in [-0.3, -0.25) is 14.2 Å². The Kier molecular flexibility index (Phi) is 5.83. The number of urea groups is 1. The third-order valence-corrected chi connectivity index (χ3v) is 5.73. The Morgan fingerprint density at radius 2 is 2.23 bits per heavy atom. The van der Waals surface area contributed by atoms with E-state index >= 15 is 0 Å². The van der Waals surface area contributed by atoms with E-state index in [9.17, 15) is 18.0 Å². The highest BCUT2D eigenvalue weighted by molar-refractivity contribution is 7.80. The van der Waals surface area contributed by atoms with Crippen LogP contribution in [0.15, 0.2) is 6.33 Å². The number of hydrogen-bond donors (Lipinski definition) is 3. The van der Waals surface area contributed by atoms with Crippen LogP contribution in [0, 0.1) is 5.92 Å². The first-order valence-corrected chi connectivity index (χ1v) is 10.8. The first-order chi connectivity index (χ1) is 14.3. The summed E-state index contributed by atoms with van der Waals surface area (Å²) in [6.07, 6.45) is 2.85. The number of carbonyl (C=O) groups is 2. The molecule has 30 heavy (non-hydrogen) atoms. The van der Waals surface area contributed by atoms with Gasteiger partial charge in [-0.05, 0) is 30.4 Å². The van der Waals surface area contributed by atoms with Gasteiger partial charge in [-0.1, -0.05) is 0 Å². The Balaban J connectivity index is 1.22. The molecule has 3 saturated heterocycles. The highest BCUT2D eigenvalue weighted by Crippen LogP contribution is 2.30. The van der Waals surface area contributed by atoms with Crippen LogP contribution in [0.3, 0.4) is 0 Å². The number of nitrogens with one attached hydrogen (secondary N) is 2. The van der Waals surface area contributed by atoms with E-state index in [-0.39, 0.29) is 19.2 Å². The number of rotatable bonds is 8. The van der Waals surface area contributed by atoms with Crippen molar-refractivity contribution in [1.29, 1.82) is 0 Å². The summed E-state index contributed by atoms with van der Waals surface area (Å²) in [5.41, 5.74) is 2.37. The van der Waals surface area contributed by atoms with Crippen molar-refractivity contribution in [3.8, 4) is 0 Å². The molecule has 4 atom stereocenters. The molecular weight excluding hydrogens is 424 g/mol. The molecule has 166 valence electrons. The van der Waals surface area contributed by atoms with Gasteiger partial charge < -0.3 is 10.2 Å². The first kappa shape index (κ1) is 20.9. The normalized spacial score (nSPS) is 28.9. The van der Waals surface area contributed by atoms with E-state index in [1.807, 2.05) is 0 Å². The Bertz CT molecular complexity index is 881. The van der Waals surface area contributed by atoms with Crippen LogP contribution in [-0.4, -0.2) is 92.9 Å². The molecular formula is C14H22N8O7S. The van der Waals surface area contributed by atoms with E-state index in [2.05, 4.69) is 30.5 Å². The molecule has 16 heteroatoms. The quantitative estimate of drug-likeness (QED) is 0.288. The van der Waals surface area contributed by atoms with Crippen LogP contribution in [0.25, 0.3) is 0 Å². The molecule has 4 rings (SSSR count). The van der Waals surface area contributed by atoms with E-state index in [0.29, 0.717) is 30.4 Å². The molecule has 0 spiro atoms. The third kappa shape index (κ3) is 4.67. The van der Waals surface area contributed by atoms with Crippen molar-refractivity contribution in [2.24, 2.45) is 5.92 Å². The van der Waals surface area contributed by atoms with Gasteiger partial charge in [-0.15, -0.1) is 14.5 Å². The van der Waals surface area contributed by atoms with Crippen molar-refractivity contribution < 1.29 is 31.7 Å². The van der Waals surface area contributed by atoms with Crippen molar-refractivity contribution in [2.75, 3.05) is 19.7 Å². The largest absolute Gasteiger partial charge is 0.418 e. The average molecular weight is 446 g/mol. The van der Waals surface area contributed by atoms with Gasteiger partial charge in [0.15, 0.2) is 6.33 Å². The van der Waals surface area contributed by atoms with Crippen LogP contribution in [0.4, 0.5) is 4.79 Å². The van der Waals surface area contributed by atoms with Gasteiger partial charge in [0.25, 0.3) is 5.91 Å². The van der Waals surface area contributed by atoms with Crippen LogP contribution in [-0.2, 0) is 30.9 Å². The molecule has 2 bridgehead atoms. The lowest BCUT2D eigenvalue weighted by Crippen LogP contribution is -2.50. The zero-order valence-electron chi connectivity index (χ0n) is 15.8. The fourth-order valence-electron chi connectivity index (χ4n) is 4.06. The molecule has 0 aromatic carbocycles. The average Bonchev–Trinajstić information content (AvgIpc) is 3.40. The lowest BCUT2D eigenvalue weighted by Gasteiger charge is -2.29. The summed E-state index contributed by atoms with van der Waals surface area (Å²) in [7, 11) is -4.83. The number of fused-ring (bicyclic) bond motifs is 2. The molecule has 3 amide bonds. The fourth-order valence-corrected chi connectivity index (χ4v) is 4.45. The number of nitrogens with zero attached hydrogens (tertiary/aromatic N) is 6. The minimum Gasteiger partial charge on any atom is -0.311 e. The lowest BCUT2D eigenvalue weighted by atomic mass is 10.0. The predicted octanol–water partition coefficient (Wildman–Crippen LogP) is -2.30. The van der Waals surface area contributed by atoms with Gasteiger partial charge in [0.05, 0.1) is 19.2 Å². The molecule has 1 aromatic heterocycles. The predicted molar refractivity (Wildman–Crippen MR) is 95.2 cm³/mol. The summed E-state index contributed by atoms with van der Waals surface area (Å²) in [4.78, 5) is 32.9. The molecule has 0 saturated carbocycles. The second-order valence-electron chi connectivity index (χ2n) is 7.48. The molecule has 0 unspecified atom stereocenters. The summed E-state index contributed by atoms with van der Waals surface area (Å²) >= 11 is 0. The molecule has 1 aromatic rings. The number of hydroxylamine groups is 3. The summed E-state index contributed by atoms with van der Waals surface area (Å²) in [5, 5.41) is 15.4. The lowest BCUT2D eigenvalue weighted by molar-refractivity contribution is -0.139. The number of tetrazole rings is 1. The summed E-state index contributed by atoms with van der Waals surface area (Å²) < 4.78 is 35.0. The number of amides is 3. The van der Waals surface area contributed by atoms with Crippen molar-refractivity contribution in [1.82, 2.24) is 41.0 Å². The van der Waals surface area contributed by atoms with Gasteiger partial charge in [-0.25, -0.2) is 10.3 Å². The van der Waals surface area contributed by atoms with E-state index in [0.717, 1.165) is 13.0 Å². The minimum atomic E-state index is -4.83. The molecule has 3 aliphatic heterocycles. The molecule has 3 aliphatic rings. The summed E-state index contributed by atoms with van der Waals surface area (Å²) in [6.45, 7) is 1.76. The highest BCUT2D eigenvalue weighted by atomic mass is 32.3. The van der Waals surface area contributed by atoms with E-state index in [4.69, 9.17) is 9.39 Å². The molecule has 4 heterocycles. The zero-order valence-corrected chi connectivity index (χ0v) is 16.6. The fraction of sp³-hybridized carbons (Fsp3) is 0.786. The van der Waals surface area contributed by atoms with Gasteiger partial charge >= 0.3 is 16.4 Å². The van der Waals surface area contributed by atoms with Crippen LogP contribution in [0.1, 0.15) is 19.3 Å². The smallest absolute Gasteiger partial charge is 0.311 e. The van der Waals surface area contributed by atoms with Gasteiger partial charge in [-0.2, -0.15) is 18.3 Å². The van der Waals surface area contributed by atoms with E-state index < -0.39 is 34.4 Å². The third-order valence-electron chi connectivity index (χ3n) is 5.38. The van der Waals surface area contributed by atoms with Gasteiger partial charge in [0.1, 0.15) is 6.04 Å². The monoisotopic (exact) mass is 446 g/mol. The second kappa shape index (κ2) is 8.38. The van der Waals surface area contributed by atoms with E-state index in [1.165, 1.54) is 16.0 Å². The topological polar surface area (TPSA) is 181 Å². The number of aromatic nitrogens is 4. The zero-order chi connectivity index (χ0) is 21.3. The molecule has 15 nitrogen and oxygen atoms in total. The highest BCUT2D eigenvalue weighted by Gasteiger charge is 2.49. The van der Waals surface area contributed by atoms with E-state index in [1.54, 1.807) is 0 Å². The van der Waals surface area contributed by atoms with Gasteiger partial charge in [0.2, 0.25) is 0 Å². The Morgan fingerprint density at radius 1 is 1.40 bits per heavy atom. The molecule has 3 fully saturated rings. The van der Waals surface area contributed by atoms with Crippen molar-refractivity contribution in [2.45, 2.75) is 43.9 Å². The second-order valence-corrected chi connectivity index (χ2v) is 8.49. The maximum Gasteiger partial charge on any atom is 0.418 e. The Hall–Kier alpha value is -2.40. The molecule has 3 N–H and O–H groups in total. The van der Waals surface area contributed by atoms with Crippen LogP contribution in [0.2, 0.25) is 0 Å². The number of carbonyl (C=O) groups excluding carboxylic acids is 2. The SMILES string of the molecule is O=C(NOC[C@@H]1C[C@H](Cn2ncnn2)CN1)[C@@H]1CC[C@@H]2CN1C(=O)N2OS(=O)(=O)O. The van der Waals surface area contributed by atoms with Crippen LogP contribution in [0.5, 0.6) is 0 Å². The first-order valence-electron chi connectivity index (χ1n) is 9.43. The minimum absolute atomic E-state index is 0.0432. The molecule has 0 radical (unpaired) electrons. The summed E-state index contributed by atoms with van der Waals surface area (Å²) in [5.74, 6) is -0.188. The van der Waals surface area contributed by atoms with Crippen LogP contribution < -0.4 is 10.8 Å². The standard InChI is InChI=1S/C14H22N8O7S/c23-13(12-2-1-11-6-20(12)14(24)22(11)29-30(25,26)27)18-28-7-10-3-9(4-15-10)5-21-17-8-16-19-21/h8-12,15H,1-7H2,(H,18,23)(H,25,26,27)/t9-,10-,11+,12-/m0/s1. The molecule has 0 aliphatic carbocycles. The Labute approximate surface area is 171 Å². The summed E-state index contributed by atoms with van der Waals surface area (Å²) in [6, 6.07) is -2.12. The van der Waals surface area contributed by atoms with Crippen molar-refractivity contribution in [3.05, 3.63) is 6.33 Å². The van der Waals surface area contributed by atoms with Crippen LogP contribution >= 0.6 is 0 Å². The maximum atomic E-state index is 12.5. The Morgan fingerprint density at radius 3 is 2.97 bits per heavy atom. The number of piperidine rings is 1. The van der Waals surface area contributed by atoms with Crippen molar-refractivity contribution in [3.63, 3.8) is 0 Å². The maximum absolute atomic E-state index is 12.5. The van der Waals surface area contributed by atoms with Crippen molar-refractivity contribution >= 4 is 22.3 Å². The van der Waals surface area contributed by atoms with Gasteiger partial charge in [0, 0.05) is 19.1 Å². The number of hydrogen-bond acceptors (Lipinski definition) is 10.